The first-order chi connectivity index (χ1) is 11.3. The average Bonchev–Trinajstić information content (AvgIpc) is 2.96. The molecule has 0 saturated carbocycles. The molecule has 1 nitrogen and oxygen atoms in total. The Hall–Kier alpha value is -2.80. The minimum absolute atomic E-state index is 0.893. The Kier molecular flexibility index (Phi) is 3.47. The van der Waals surface area contributed by atoms with Crippen LogP contribution in [0, 0.1) is 6.92 Å². The Morgan fingerprint density at radius 3 is 2.26 bits per heavy atom. The van der Waals surface area contributed by atoms with Gasteiger partial charge in [0.15, 0.2) is 0 Å². The van der Waals surface area contributed by atoms with E-state index in [1.165, 1.54) is 33.3 Å². The number of fused-ring (bicyclic) bond motifs is 1. The van der Waals surface area contributed by atoms with Gasteiger partial charge in [0.05, 0.1) is 0 Å². The van der Waals surface area contributed by atoms with Crippen molar-refractivity contribution in [2.24, 2.45) is 0 Å². The van der Waals surface area contributed by atoms with E-state index in [0.717, 1.165) is 6.54 Å². The van der Waals surface area contributed by atoms with Gasteiger partial charge in [-0.05, 0) is 35.7 Å². The third kappa shape index (κ3) is 2.55. The molecule has 1 heteroatoms. The second-order valence-electron chi connectivity index (χ2n) is 5.97. The van der Waals surface area contributed by atoms with Crippen molar-refractivity contribution in [2.45, 2.75) is 13.5 Å². The molecule has 0 fully saturated rings. The number of hydrogen-bond donors (Lipinski definition) is 0. The molecule has 0 atom stereocenters. The molecular weight excluding hydrogens is 278 g/mol. The summed E-state index contributed by atoms with van der Waals surface area (Å²) in [5.41, 5.74) is 6.53. The summed E-state index contributed by atoms with van der Waals surface area (Å²) < 4.78 is 2.42. The molecule has 23 heavy (non-hydrogen) atoms. The van der Waals surface area contributed by atoms with Crippen molar-refractivity contribution in [2.75, 3.05) is 0 Å². The summed E-state index contributed by atoms with van der Waals surface area (Å²) in [6.45, 7) is 3.08. The van der Waals surface area contributed by atoms with E-state index in [1.54, 1.807) is 0 Å². The quantitative estimate of drug-likeness (QED) is 0.459. The van der Waals surface area contributed by atoms with Gasteiger partial charge in [-0.3, -0.25) is 0 Å². The minimum Gasteiger partial charge on any atom is -0.336 e. The van der Waals surface area contributed by atoms with Gasteiger partial charge in [-0.25, -0.2) is 0 Å². The van der Waals surface area contributed by atoms with Crippen LogP contribution in [0.15, 0.2) is 84.9 Å². The maximum atomic E-state index is 2.42. The van der Waals surface area contributed by atoms with E-state index in [9.17, 15) is 0 Å². The lowest BCUT2D eigenvalue weighted by Gasteiger charge is -2.13. The summed E-state index contributed by atoms with van der Waals surface area (Å²) >= 11 is 0. The van der Waals surface area contributed by atoms with Crippen molar-refractivity contribution in [3.05, 3.63) is 96.1 Å². The fourth-order valence-electron chi connectivity index (χ4n) is 3.19. The van der Waals surface area contributed by atoms with E-state index < -0.39 is 0 Å². The van der Waals surface area contributed by atoms with Crippen LogP contribution in [0.3, 0.4) is 0 Å². The standard InChI is InChI=1S/C22H19N/c1-17-9-5-6-13-20(17)16-23-21-14-8-7-12-19(21)15-22(23)18-10-3-2-4-11-18/h2-15H,16H2,1H3. The van der Waals surface area contributed by atoms with E-state index in [2.05, 4.69) is 96.4 Å². The second kappa shape index (κ2) is 5.77. The van der Waals surface area contributed by atoms with Crippen LogP contribution < -0.4 is 0 Å². The van der Waals surface area contributed by atoms with E-state index in [0.29, 0.717) is 0 Å². The van der Waals surface area contributed by atoms with Crippen molar-refractivity contribution in [1.29, 1.82) is 0 Å². The molecule has 0 aliphatic heterocycles. The topological polar surface area (TPSA) is 4.93 Å². The summed E-state index contributed by atoms with van der Waals surface area (Å²) in [6, 6.07) is 30.2. The molecule has 112 valence electrons. The van der Waals surface area contributed by atoms with E-state index >= 15 is 0 Å². The Balaban J connectivity index is 1.92. The molecule has 0 saturated heterocycles. The molecule has 0 aliphatic rings. The maximum Gasteiger partial charge on any atom is 0.0494 e. The third-order valence-corrected chi connectivity index (χ3v) is 4.47. The highest BCUT2D eigenvalue weighted by molar-refractivity contribution is 5.87. The number of aryl methyl sites for hydroxylation is 1. The van der Waals surface area contributed by atoms with Gasteiger partial charge < -0.3 is 4.57 Å². The molecule has 1 heterocycles. The number of aromatic nitrogens is 1. The number of rotatable bonds is 3. The molecule has 0 radical (unpaired) electrons. The van der Waals surface area contributed by atoms with E-state index in [-0.39, 0.29) is 0 Å². The lowest BCUT2D eigenvalue weighted by atomic mass is 10.1. The predicted molar refractivity (Wildman–Crippen MR) is 97.7 cm³/mol. The molecule has 0 N–H and O–H groups in total. The van der Waals surface area contributed by atoms with Crippen LogP contribution in [0.1, 0.15) is 11.1 Å². The monoisotopic (exact) mass is 297 g/mol. The van der Waals surface area contributed by atoms with E-state index in [1.807, 2.05) is 0 Å². The Bertz CT molecular complexity index is 948. The van der Waals surface area contributed by atoms with Gasteiger partial charge in [-0.2, -0.15) is 0 Å². The minimum atomic E-state index is 0.893. The van der Waals surface area contributed by atoms with Crippen molar-refractivity contribution >= 4 is 10.9 Å². The highest BCUT2D eigenvalue weighted by Gasteiger charge is 2.11. The maximum absolute atomic E-state index is 2.42. The zero-order valence-corrected chi connectivity index (χ0v) is 13.2. The third-order valence-electron chi connectivity index (χ3n) is 4.47. The summed E-state index contributed by atoms with van der Waals surface area (Å²) in [6.07, 6.45) is 0. The van der Waals surface area contributed by atoms with Crippen LogP contribution in [-0.4, -0.2) is 4.57 Å². The molecular formula is C22H19N. The Labute approximate surface area is 136 Å². The predicted octanol–water partition coefficient (Wildman–Crippen LogP) is 5.67. The first kappa shape index (κ1) is 13.8. The van der Waals surface area contributed by atoms with E-state index in [4.69, 9.17) is 0 Å². The molecule has 1 aromatic heterocycles. The lowest BCUT2D eigenvalue weighted by molar-refractivity contribution is 0.838. The van der Waals surface area contributed by atoms with Gasteiger partial charge in [0.2, 0.25) is 0 Å². The number of benzene rings is 3. The Morgan fingerprint density at radius 1 is 0.739 bits per heavy atom. The Morgan fingerprint density at radius 2 is 1.43 bits per heavy atom. The zero-order chi connectivity index (χ0) is 15.6. The normalized spacial score (nSPS) is 11.0. The first-order valence-electron chi connectivity index (χ1n) is 8.01. The molecule has 4 rings (SSSR count). The molecule has 0 spiro atoms. The number of nitrogens with zero attached hydrogens (tertiary/aromatic N) is 1. The average molecular weight is 297 g/mol. The molecule has 0 bridgehead atoms. The SMILES string of the molecule is Cc1ccccc1Cn1c(-c2ccccc2)cc2ccccc21. The number of para-hydroxylation sites is 1. The van der Waals surface area contributed by atoms with Crippen molar-refractivity contribution in [1.82, 2.24) is 4.57 Å². The molecule has 0 aliphatic carbocycles. The van der Waals surface area contributed by atoms with Gasteiger partial charge in [0, 0.05) is 23.1 Å². The van der Waals surface area contributed by atoms with Crippen LogP contribution in [-0.2, 0) is 6.54 Å². The van der Waals surface area contributed by atoms with Crippen LogP contribution in [0.25, 0.3) is 22.2 Å². The van der Waals surface area contributed by atoms with Crippen LogP contribution >= 0.6 is 0 Å². The highest BCUT2D eigenvalue weighted by Crippen LogP contribution is 2.29. The number of hydrogen-bond acceptors (Lipinski definition) is 0. The summed E-state index contributed by atoms with van der Waals surface area (Å²) in [7, 11) is 0. The first-order valence-corrected chi connectivity index (χ1v) is 8.01. The molecule has 3 aromatic carbocycles. The van der Waals surface area contributed by atoms with Gasteiger partial charge in [0.1, 0.15) is 0 Å². The van der Waals surface area contributed by atoms with Gasteiger partial charge in [-0.15, -0.1) is 0 Å². The van der Waals surface area contributed by atoms with Crippen LogP contribution in [0.2, 0.25) is 0 Å². The lowest BCUT2D eigenvalue weighted by Crippen LogP contribution is -2.03. The second-order valence-corrected chi connectivity index (χ2v) is 5.97. The van der Waals surface area contributed by atoms with Crippen LogP contribution in [0.5, 0.6) is 0 Å². The fraction of sp³-hybridized carbons (Fsp3) is 0.0909. The highest BCUT2D eigenvalue weighted by atomic mass is 15.0. The van der Waals surface area contributed by atoms with Gasteiger partial charge in [-0.1, -0.05) is 72.8 Å². The summed E-state index contributed by atoms with van der Waals surface area (Å²) in [4.78, 5) is 0. The van der Waals surface area contributed by atoms with Crippen molar-refractivity contribution in [3.8, 4) is 11.3 Å². The summed E-state index contributed by atoms with van der Waals surface area (Å²) in [5.74, 6) is 0. The van der Waals surface area contributed by atoms with Crippen LogP contribution in [0.4, 0.5) is 0 Å². The molecule has 0 amide bonds. The van der Waals surface area contributed by atoms with Gasteiger partial charge >= 0.3 is 0 Å². The van der Waals surface area contributed by atoms with Crippen molar-refractivity contribution in [3.63, 3.8) is 0 Å². The molecule has 0 unspecified atom stereocenters. The van der Waals surface area contributed by atoms with Gasteiger partial charge in [0.25, 0.3) is 0 Å². The zero-order valence-electron chi connectivity index (χ0n) is 13.2. The fourth-order valence-corrected chi connectivity index (χ4v) is 3.19. The smallest absolute Gasteiger partial charge is 0.0494 e. The summed E-state index contributed by atoms with van der Waals surface area (Å²) in [5, 5.41) is 1.29. The largest absolute Gasteiger partial charge is 0.336 e. The van der Waals surface area contributed by atoms with Crippen molar-refractivity contribution < 1.29 is 0 Å². The molecule has 4 aromatic rings.